The highest BCUT2D eigenvalue weighted by molar-refractivity contribution is 6.30. The van der Waals surface area contributed by atoms with Gasteiger partial charge in [0, 0.05) is 29.1 Å². The number of anilines is 1. The van der Waals surface area contributed by atoms with Gasteiger partial charge in [-0.05, 0) is 67.8 Å². The third-order valence-corrected chi connectivity index (χ3v) is 7.97. The van der Waals surface area contributed by atoms with Gasteiger partial charge in [0.1, 0.15) is 6.61 Å². The van der Waals surface area contributed by atoms with E-state index < -0.39 is 5.72 Å². The van der Waals surface area contributed by atoms with Crippen LogP contribution in [0.4, 0.5) is 10.5 Å². The van der Waals surface area contributed by atoms with Gasteiger partial charge in [0.2, 0.25) is 0 Å². The lowest BCUT2D eigenvalue weighted by molar-refractivity contribution is 0.0338. The smallest absolute Gasteiger partial charge is 0.325 e. The van der Waals surface area contributed by atoms with Crippen LogP contribution in [0, 0.1) is 6.92 Å². The first kappa shape index (κ1) is 27.7. The number of benzene rings is 4. The van der Waals surface area contributed by atoms with Crippen LogP contribution < -0.4 is 25.0 Å². The summed E-state index contributed by atoms with van der Waals surface area (Å²) in [4.78, 5) is 28.1. The Morgan fingerprint density at radius 2 is 1.83 bits per heavy atom. The Hall–Kier alpha value is -4.49. The number of para-hydroxylation sites is 1. The Bertz CT molecular complexity index is 1640. The molecule has 2 heterocycles. The largest absolute Gasteiger partial charge is 0.485 e. The molecule has 2 unspecified atom stereocenters. The normalized spacial score (nSPS) is 18.9. The van der Waals surface area contributed by atoms with Crippen LogP contribution in [0.1, 0.15) is 52.0 Å². The highest BCUT2D eigenvalue weighted by Gasteiger charge is 2.50. The van der Waals surface area contributed by atoms with Gasteiger partial charge in [0.25, 0.3) is 5.91 Å². The molecule has 6 rings (SSSR count). The third-order valence-electron chi connectivity index (χ3n) is 7.73. The molecule has 2 aliphatic rings. The van der Waals surface area contributed by atoms with E-state index in [0.717, 1.165) is 23.1 Å². The number of ether oxygens (including phenoxy) is 2. The number of carbonyl (C=O) groups excluding carboxylic acids is 2. The molecule has 3 amide bonds. The summed E-state index contributed by atoms with van der Waals surface area (Å²) in [7, 11) is 0. The van der Waals surface area contributed by atoms with Gasteiger partial charge in [0.05, 0.1) is 11.7 Å². The van der Waals surface area contributed by atoms with Crippen LogP contribution in [0.5, 0.6) is 11.5 Å². The molecule has 2 aliphatic heterocycles. The summed E-state index contributed by atoms with van der Waals surface area (Å²) in [6.07, 6.45) is 1.26. The molecular weight excluding hydrogens is 550 g/mol. The van der Waals surface area contributed by atoms with Crippen LogP contribution in [0.15, 0.2) is 91.0 Å². The van der Waals surface area contributed by atoms with Crippen molar-refractivity contribution in [2.75, 3.05) is 11.4 Å². The van der Waals surface area contributed by atoms with E-state index in [2.05, 4.69) is 34.9 Å². The fraction of sp³-hybridized carbons (Fsp3) is 0.235. The summed E-state index contributed by atoms with van der Waals surface area (Å²) in [5.74, 6) is 0.977. The first-order valence-electron chi connectivity index (χ1n) is 14.0. The van der Waals surface area contributed by atoms with Crippen LogP contribution in [0.25, 0.3) is 0 Å². The lowest BCUT2D eigenvalue weighted by Gasteiger charge is -2.50. The maximum atomic E-state index is 13.5. The Labute approximate surface area is 250 Å². The monoisotopic (exact) mass is 581 g/mol. The number of aryl methyl sites for hydroxylation is 1. The average molecular weight is 582 g/mol. The van der Waals surface area contributed by atoms with Crippen molar-refractivity contribution < 1.29 is 19.1 Å². The molecule has 0 radical (unpaired) electrons. The zero-order valence-electron chi connectivity index (χ0n) is 23.5. The quantitative estimate of drug-likeness (QED) is 0.235. The fourth-order valence-electron chi connectivity index (χ4n) is 5.62. The summed E-state index contributed by atoms with van der Waals surface area (Å²) >= 11 is 6.15. The summed E-state index contributed by atoms with van der Waals surface area (Å²) in [6, 6.07) is 28.0. The molecule has 2 N–H and O–H groups in total. The van der Waals surface area contributed by atoms with Crippen molar-refractivity contribution in [3.8, 4) is 11.5 Å². The predicted molar refractivity (Wildman–Crippen MR) is 163 cm³/mol. The van der Waals surface area contributed by atoms with Gasteiger partial charge in [-0.3, -0.25) is 9.69 Å². The zero-order chi connectivity index (χ0) is 29.3. The molecule has 0 saturated carbocycles. The number of amides is 3. The third kappa shape index (κ3) is 5.65. The summed E-state index contributed by atoms with van der Waals surface area (Å²) in [5.41, 5.74) is 4.20. The second-order valence-corrected chi connectivity index (χ2v) is 11.4. The van der Waals surface area contributed by atoms with Gasteiger partial charge in [0.15, 0.2) is 17.2 Å². The number of hydrogen-bond donors (Lipinski definition) is 2. The summed E-state index contributed by atoms with van der Waals surface area (Å²) in [6.45, 7) is 4.77. The number of nitrogens with zero attached hydrogens (tertiary/aromatic N) is 1. The minimum absolute atomic E-state index is 0.198. The predicted octanol–water partition coefficient (Wildman–Crippen LogP) is 6.97. The molecule has 214 valence electrons. The molecule has 1 fully saturated rings. The van der Waals surface area contributed by atoms with E-state index in [4.69, 9.17) is 21.1 Å². The van der Waals surface area contributed by atoms with Gasteiger partial charge in [-0.2, -0.15) is 0 Å². The number of fused-ring (bicyclic) bond motifs is 4. The molecule has 4 aromatic carbocycles. The van der Waals surface area contributed by atoms with E-state index in [1.807, 2.05) is 62.4 Å². The lowest BCUT2D eigenvalue weighted by atomic mass is 9.89. The number of halogens is 1. The van der Waals surface area contributed by atoms with Crippen LogP contribution in [-0.2, 0) is 13.0 Å². The number of carbonyl (C=O) groups is 2. The molecular formula is C34H32ClN3O4. The molecule has 2 atom stereocenters. The van der Waals surface area contributed by atoms with E-state index in [1.165, 1.54) is 5.56 Å². The number of rotatable bonds is 8. The first-order valence-corrected chi connectivity index (χ1v) is 14.4. The molecule has 4 aromatic rings. The highest BCUT2D eigenvalue weighted by Crippen LogP contribution is 2.49. The molecule has 42 heavy (non-hydrogen) atoms. The molecule has 2 bridgehead atoms. The minimum atomic E-state index is -1.00. The van der Waals surface area contributed by atoms with E-state index >= 15 is 0 Å². The minimum Gasteiger partial charge on any atom is -0.485 e. The molecule has 0 aromatic heterocycles. The van der Waals surface area contributed by atoms with Crippen molar-refractivity contribution >= 4 is 29.2 Å². The maximum Gasteiger partial charge on any atom is 0.325 e. The standard InChI is InChI=1S/C34H32ClN3O4/c1-22-12-14-23(15-13-22)16-17-36-32(39)25-7-4-9-27(19-25)38-33(40)37-29-20-34(38,2)42-31-28(29)10-5-11-30(31)41-21-24-6-3-8-26(35)18-24/h3-15,18-19,29H,16-17,20-21H2,1-2H3,(H,36,39)(H,37,40). The second-order valence-electron chi connectivity index (χ2n) is 11.0. The van der Waals surface area contributed by atoms with Crippen molar-refractivity contribution in [2.24, 2.45) is 0 Å². The molecule has 1 saturated heterocycles. The highest BCUT2D eigenvalue weighted by atomic mass is 35.5. The van der Waals surface area contributed by atoms with Gasteiger partial charge >= 0.3 is 6.03 Å². The van der Waals surface area contributed by atoms with Crippen LogP contribution >= 0.6 is 11.6 Å². The van der Waals surface area contributed by atoms with E-state index in [-0.39, 0.29) is 18.0 Å². The van der Waals surface area contributed by atoms with Crippen molar-refractivity contribution in [2.45, 2.75) is 45.1 Å². The van der Waals surface area contributed by atoms with Gasteiger partial charge in [-0.15, -0.1) is 0 Å². The second kappa shape index (κ2) is 11.4. The average Bonchev–Trinajstić information content (AvgIpc) is 2.97. The Balaban J connectivity index is 1.20. The summed E-state index contributed by atoms with van der Waals surface area (Å²) in [5, 5.41) is 6.76. The van der Waals surface area contributed by atoms with E-state index in [1.54, 1.807) is 23.1 Å². The van der Waals surface area contributed by atoms with Gasteiger partial charge < -0.3 is 20.1 Å². The molecule has 7 nitrogen and oxygen atoms in total. The topological polar surface area (TPSA) is 79.9 Å². The van der Waals surface area contributed by atoms with E-state index in [0.29, 0.717) is 47.3 Å². The Kier molecular flexibility index (Phi) is 7.52. The molecule has 8 heteroatoms. The van der Waals surface area contributed by atoms with Crippen LogP contribution in [0.3, 0.4) is 0 Å². The van der Waals surface area contributed by atoms with Crippen molar-refractivity contribution in [3.63, 3.8) is 0 Å². The van der Waals surface area contributed by atoms with Crippen LogP contribution in [0.2, 0.25) is 5.02 Å². The summed E-state index contributed by atoms with van der Waals surface area (Å²) < 4.78 is 12.8. The number of nitrogens with one attached hydrogen (secondary N) is 2. The lowest BCUT2D eigenvalue weighted by Crippen LogP contribution is -2.65. The van der Waals surface area contributed by atoms with Gasteiger partial charge in [-0.25, -0.2) is 4.79 Å². The Morgan fingerprint density at radius 3 is 2.64 bits per heavy atom. The zero-order valence-corrected chi connectivity index (χ0v) is 24.3. The molecule has 0 spiro atoms. The number of urea groups is 1. The molecule has 0 aliphatic carbocycles. The first-order chi connectivity index (χ1) is 20.3. The van der Waals surface area contributed by atoms with E-state index in [9.17, 15) is 9.59 Å². The van der Waals surface area contributed by atoms with Crippen molar-refractivity contribution in [1.29, 1.82) is 0 Å². The SMILES string of the molecule is Cc1ccc(CCNC(=O)c2cccc(N3C(=O)NC4CC3(C)Oc3c(OCc5cccc(Cl)c5)cccc34)c2)cc1. The number of hydrogen-bond acceptors (Lipinski definition) is 4. The maximum absolute atomic E-state index is 13.5. The van der Waals surface area contributed by atoms with Gasteiger partial charge in [-0.1, -0.05) is 71.8 Å². The van der Waals surface area contributed by atoms with Crippen LogP contribution in [-0.4, -0.2) is 24.2 Å². The fourth-order valence-corrected chi connectivity index (χ4v) is 5.83. The van der Waals surface area contributed by atoms with Crippen molar-refractivity contribution in [1.82, 2.24) is 10.6 Å². The van der Waals surface area contributed by atoms with Crippen molar-refractivity contribution in [3.05, 3.63) is 124 Å². The Morgan fingerprint density at radius 1 is 1.05 bits per heavy atom.